The molecule has 1 atom stereocenters. The lowest BCUT2D eigenvalue weighted by atomic mass is 9.84. The van der Waals surface area contributed by atoms with Crippen LogP contribution in [0.15, 0.2) is 84.9 Å². The van der Waals surface area contributed by atoms with Crippen molar-refractivity contribution in [3.63, 3.8) is 0 Å². The predicted molar refractivity (Wildman–Crippen MR) is 146 cm³/mol. The van der Waals surface area contributed by atoms with Crippen LogP contribution in [-0.4, -0.2) is 39.9 Å². The molecule has 4 heteroatoms. The van der Waals surface area contributed by atoms with Crippen LogP contribution in [0.3, 0.4) is 0 Å². The summed E-state index contributed by atoms with van der Waals surface area (Å²) in [6.45, 7) is 5.82. The fraction of sp³-hybridized carbons (Fsp3) is 0.438. The number of likely N-dealkylation sites (tertiary alicyclic amines) is 1. The van der Waals surface area contributed by atoms with Crippen LogP contribution in [-0.2, 0) is 11.1 Å². The van der Waals surface area contributed by atoms with E-state index in [0.29, 0.717) is 5.92 Å². The molecule has 0 saturated carbocycles. The van der Waals surface area contributed by atoms with E-state index in [1.54, 1.807) is 0 Å². The highest BCUT2D eigenvalue weighted by molar-refractivity contribution is 5.35. The van der Waals surface area contributed by atoms with Gasteiger partial charge in [-0.25, -0.2) is 0 Å². The lowest BCUT2D eigenvalue weighted by molar-refractivity contribution is -0.0956. The maximum absolute atomic E-state index is 12.0. The lowest BCUT2D eigenvalue weighted by Crippen LogP contribution is -2.50. The topological polar surface area (TPSA) is 63.9 Å². The molecular formula is C32H41NO3. The Morgan fingerprint density at radius 3 is 1.83 bits per heavy atom. The van der Waals surface area contributed by atoms with Crippen molar-refractivity contribution < 1.29 is 15.3 Å². The van der Waals surface area contributed by atoms with Crippen molar-refractivity contribution in [2.45, 2.75) is 63.2 Å². The summed E-state index contributed by atoms with van der Waals surface area (Å²) in [5, 5.41) is 32.3. The number of hydrogen-bond acceptors (Lipinski definition) is 4. The third-order valence-corrected chi connectivity index (χ3v) is 7.99. The van der Waals surface area contributed by atoms with Gasteiger partial charge in [-0.3, -0.25) is 4.90 Å². The van der Waals surface area contributed by atoms with Gasteiger partial charge >= 0.3 is 0 Å². The Labute approximate surface area is 216 Å². The number of rotatable bonds is 10. The summed E-state index contributed by atoms with van der Waals surface area (Å²) in [6.07, 6.45) is 4.46. The van der Waals surface area contributed by atoms with Gasteiger partial charge in [-0.15, -0.1) is 0 Å². The fourth-order valence-corrected chi connectivity index (χ4v) is 5.43. The van der Waals surface area contributed by atoms with E-state index in [9.17, 15) is 15.3 Å². The second-order valence-electron chi connectivity index (χ2n) is 10.9. The summed E-state index contributed by atoms with van der Waals surface area (Å²) in [5.74, 6) is 0.608. The van der Waals surface area contributed by atoms with Crippen LogP contribution in [0.5, 0.6) is 0 Å². The van der Waals surface area contributed by atoms with Gasteiger partial charge in [0.05, 0.1) is 12.7 Å². The van der Waals surface area contributed by atoms with E-state index in [-0.39, 0.29) is 12.0 Å². The highest BCUT2D eigenvalue weighted by Gasteiger charge is 2.39. The zero-order valence-electron chi connectivity index (χ0n) is 21.7. The molecule has 4 rings (SSSR count). The molecule has 0 radical (unpaired) electrons. The second kappa shape index (κ2) is 11.7. The van der Waals surface area contributed by atoms with Crippen molar-refractivity contribution in [3.05, 3.63) is 107 Å². The first-order chi connectivity index (χ1) is 17.3. The van der Waals surface area contributed by atoms with Gasteiger partial charge in [0.2, 0.25) is 0 Å². The zero-order valence-corrected chi connectivity index (χ0v) is 21.7. The molecule has 3 aromatic carbocycles. The first-order valence-corrected chi connectivity index (χ1v) is 13.3. The number of benzene rings is 3. The maximum Gasteiger partial charge on any atom is 0.171 e. The van der Waals surface area contributed by atoms with E-state index in [2.05, 4.69) is 4.90 Å². The third kappa shape index (κ3) is 5.90. The van der Waals surface area contributed by atoms with E-state index < -0.39 is 11.8 Å². The SMILES string of the molecule is CC(C)(CO)c1ccc(C(O)CCCC2CCN(C(O)(c3ccccc3)c3ccccc3)CC2)cc1. The summed E-state index contributed by atoms with van der Waals surface area (Å²) < 4.78 is 0. The number of hydrogen-bond donors (Lipinski definition) is 3. The van der Waals surface area contributed by atoms with Gasteiger partial charge in [0, 0.05) is 29.6 Å². The third-order valence-electron chi connectivity index (χ3n) is 7.99. The van der Waals surface area contributed by atoms with Crippen LogP contribution in [0.25, 0.3) is 0 Å². The minimum absolute atomic E-state index is 0.0990. The van der Waals surface area contributed by atoms with Gasteiger partial charge in [0.25, 0.3) is 0 Å². The molecule has 36 heavy (non-hydrogen) atoms. The van der Waals surface area contributed by atoms with Crippen molar-refractivity contribution in [2.24, 2.45) is 5.92 Å². The van der Waals surface area contributed by atoms with E-state index in [0.717, 1.165) is 67.4 Å². The largest absolute Gasteiger partial charge is 0.395 e. The normalized spacial score (nSPS) is 16.7. The Balaban J connectivity index is 1.31. The molecule has 0 spiro atoms. The molecule has 0 bridgehead atoms. The minimum atomic E-state index is -1.12. The fourth-order valence-electron chi connectivity index (χ4n) is 5.43. The molecule has 1 aliphatic rings. The molecule has 1 saturated heterocycles. The maximum atomic E-state index is 12.0. The predicted octanol–water partition coefficient (Wildman–Crippen LogP) is 5.77. The van der Waals surface area contributed by atoms with Gasteiger partial charge in [-0.05, 0) is 36.3 Å². The average Bonchev–Trinajstić information content (AvgIpc) is 2.94. The summed E-state index contributed by atoms with van der Waals surface area (Å²) >= 11 is 0. The van der Waals surface area contributed by atoms with Crippen molar-refractivity contribution in [2.75, 3.05) is 19.7 Å². The summed E-state index contributed by atoms with van der Waals surface area (Å²) in [7, 11) is 0. The molecule has 1 heterocycles. The molecule has 4 nitrogen and oxygen atoms in total. The van der Waals surface area contributed by atoms with Crippen LogP contribution >= 0.6 is 0 Å². The minimum Gasteiger partial charge on any atom is -0.395 e. The van der Waals surface area contributed by atoms with Gasteiger partial charge in [-0.1, -0.05) is 112 Å². The Morgan fingerprint density at radius 1 is 0.806 bits per heavy atom. The van der Waals surface area contributed by atoms with Crippen LogP contribution in [0.4, 0.5) is 0 Å². The summed E-state index contributed by atoms with van der Waals surface area (Å²) in [4.78, 5) is 2.22. The highest BCUT2D eigenvalue weighted by Crippen LogP contribution is 2.37. The van der Waals surface area contributed by atoms with Crippen LogP contribution in [0.1, 0.15) is 74.3 Å². The van der Waals surface area contributed by atoms with Crippen LogP contribution in [0, 0.1) is 5.92 Å². The Bertz CT molecular complexity index is 1020. The van der Waals surface area contributed by atoms with E-state index in [4.69, 9.17) is 0 Å². The van der Waals surface area contributed by atoms with Crippen LogP contribution < -0.4 is 0 Å². The molecule has 0 aromatic heterocycles. The number of piperidine rings is 1. The van der Waals surface area contributed by atoms with Crippen molar-refractivity contribution in [1.29, 1.82) is 0 Å². The van der Waals surface area contributed by atoms with Gasteiger partial charge < -0.3 is 15.3 Å². The smallest absolute Gasteiger partial charge is 0.171 e. The zero-order chi connectivity index (χ0) is 25.6. The van der Waals surface area contributed by atoms with Crippen molar-refractivity contribution >= 4 is 0 Å². The Kier molecular flexibility index (Phi) is 8.63. The first-order valence-electron chi connectivity index (χ1n) is 13.3. The second-order valence-corrected chi connectivity index (χ2v) is 10.9. The molecule has 0 aliphatic carbocycles. The molecule has 1 aliphatic heterocycles. The Morgan fingerprint density at radius 2 is 1.33 bits per heavy atom. The van der Waals surface area contributed by atoms with E-state index >= 15 is 0 Å². The van der Waals surface area contributed by atoms with Crippen LogP contribution in [0.2, 0.25) is 0 Å². The van der Waals surface area contributed by atoms with E-state index in [1.807, 2.05) is 98.8 Å². The quantitative estimate of drug-likeness (QED) is 0.340. The van der Waals surface area contributed by atoms with Gasteiger partial charge in [0.1, 0.15) is 0 Å². The van der Waals surface area contributed by atoms with Gasteiger partial charge in [0.15, 0.2) is 5.72 Å². The summed E-state index contributed by atoms with van der Waals surface area (Å²) in [5.41, 5.74) is 2.44. The molecule has 192 valence electrons. The monoisotopic (exact) mass is 487 g/mol. The number of aliphatic hydroxyl groups excluding tert-OH is 2. The van der Waals surface area contributed by atoms with Crippen molar-refractivity contribution in [3.8, 4) is 0 Å². The standard InChI is InChI=1S/C32H41NO3/c1-31(2,24-34)27-18-16-26(17-19-27)30(35)15-9-10-25-20-22-33(23-21-25)32(36,28-11-5-3-6-12-28)29-13-7-4-8-14-29/h3-8,11-14,16-19,25,30,34-36H,9-10,15,20-24H2,1-2H3. The highest BCUT2D eigenvalue weighted by atomic mass is 16.3. The molecule has 3 aromatic rings. The molecule has 1 unspecified atom stereocenters. The van der Waals surface area contributed by atoms with E-state index in [1.165, 1.54) is 0 Å². The van der Waals surface area contributed by atoms with Crippen molar-refractivity contribution in [1.82, 2.24) is 4.90 Å². The Hall–Kier alpha value is -2.50. The molecule has 3 N–H and O–H groups in total. The molecule has 0 amide bonds. The number of nitrogens with zero attached hydrogens (tertiary/aromatic N) is 1. The first kappa shape index (κ1) is 26.6. The summed E-state index contributed by atoms with van der Waals surface area (Å²) in [6, 6.07) is 28.0. The molecule has 1 fully saturated rings. The average molecular weight is 488 g/mol. The molecular weight excluding hydrogens is 446 g/mol. The lowest BCUT2D eigenvalue weighted by Gasteiger charge is -2.44. The number of aliphatic hydroxyl groups is 3. The van der Waals surface area contributed by atoms with Gasteiger partial charge in [-0.2, -0.15) is 0 Å².